The average molecular weight is 434 g/mol. The smallest absolute Gasteiger partial charge is 0.252 e. The summed E-state index contributed by atoms with van der Waals surface area (Å²) in [4.78, 5) is 36.7. The van der Waals surface area contributed by atoms with Gasteiger partial charge in [-0.15, -0.1) is 0 Å². The van der Waals surface area contributed by atoms with E-state index in [9.17, 15) is 9.59 Å². The van der Waals surface area contributed by atoms with Gasteiger partial charge in [0.25, 0.3) is 5.56 Å². The molecule has 0 aliphatic carbocycles. The first-order valence-corrected chi connectivity index (χ1v) is 11.1. The van der Waals surface area contributed by atoms with Gasteiger partial charge in [0.15, 0.2) is 0 Å². The number of aromatic nitrogens is 3. The summed E-state index contributed by atoms with van der Waals surface area (Å²) in [7, 11) is 0. The number of nitrogens with one attached hydrogen (secondary N) is 2. The molecule has 166 valence electrons. The van der Waals surface area contributed by atoms with Gasteiger partial charge in [0.1, 0.15) is 5.65 Å². The number of hydrogen-bond acceptors (Lipinski definition) is 7. The van der Waals surface area contributed by atoms with Crippen LogP contribution in [0, 0.1) is 5.92 Å². The third kappa shape index (κ3) is 4.29. The molecule has 5 rings (SSSR count). The molecule has 0 saturated carbocycles. The van der Waals surface area contributed by atoms with Crippen LogP contribution in [0.5, 0.6) is 0 Å². The predicted octanol–water partition coefficient (Wildman–Crippen LogP) is 1.42. The minimum Gasteiger partial charge on any atom is -0.368 e. The van der Waals surface area contributed by atoms with Crippen molar-refractivity contribution in [2.75, 3.05) is 49.5 Å². The molecule has 2 aromatic heterocycles. The average Bonchev–Trinajstić information content (AvgIpc) is 2.80. The molecule has 1 aromatic carbocycles. The molecule has 2 aliphatic heterocycles. The first-order valence-electron chi connectivity index (χ1n) is 11.1. The number of fused-ring (bicyclic) bond motifs is 1. The fourth-order valence-electron chi connectivity index (χ4n) is 4.21. The topological polar surface area (TPSA) is 95.4 Å². The summed E-state index contributed by atoms with van der Waals surface area (Å²) in [6.07, 6.45) is 3.63. The number of nitrogens with zero attached hydrogens (tertiary/aromatic N) is 5. The summed E-state index contributed by atoms with van der Waals surface area (Å²) in [5.74, 6) is 1.08. The lowest BCUT2D eigenvalue weighted by Crippen LogP contribution is -2.45. The summed E-state index contributed by atoms with van der Waals surface area (Å²) in [6, 6.07) is 11.5. The second kappa shape index (κ2) is 8.96. The fraction of sp³-hybridized carbons (Fsp3) is 0.391. The standard InChI is InChI=1S/C23H27N7O2/c31-16-28-8-10-29(11-9-28)20-3-1-2-19(12-20)26-23-25-15-18-4-5-21(32)30(22(18)27-23)7-6-17-13-24-14-17/h1-5,12,15-17,24H,6-11,13-14H2,(H,25,26,27). The van der Waals surface area contributed by atoms with E-state index in [1.54, 1.807) is 27.8 Å². The summed E-state index contributed by atoms with van der Waals surface area (Å²) in [5.41, 5.74) is 2.59. The SMILES string of the molecule is O=CN1CCN(c2cccc(Nc3ncc4ccc(=O)n(CCC5CNC5)c4n3)c2)CC1. The molecule has 4 heterocycles. The number of benzene rings is 1. The Kier molecular flexibility index (Phi) is 5.72. The van der Waals surface area contributed by atoms with Crippen LogP contribution >= 0.6 is 0 Å². The fourth-order valence-corrected chi connectivity index (χ4v) is 4.21. The molecule has 32 heavy (non-hydrogen) atoms. The quantitative estimate of drug-likeness (QED) is 0.544. The largest absolute Gasteiger partial charge is 0.368 e. The first-order chi connectivity index (χ1) is 15.7. The van der Waals surface area contributed by atoms with Crippen LogP contribution in [0.15, 0.2) is 47.4 Å². The van der Waals surface area contributed by atoms with Gasteiger partial charge in [0.05, 0.1) is 0 Å². The normalized spacial score (nSPS) is 16.8. The molecule has 2 aliphatic rings. The van der Waals surface area contributed by atoms with E-state index in [0.29, 0.717) is 24.1 Å². The van der Waals surface area contributed by atoms with Crippen molar-refractivity contribution in [1.29, 1.82) is 0 Å². The molecule has 2 fully saturated rings. The minimum absolute atomic E-state index is 0.0362. The number of hydrogen-bond donors (Lipinski definition) is 2. The maximum absolute atomic E-state index is 12.5. The molecule has 0 atom stereocenters. The molecule has 0 bridgehead atoms. The number of rotatable bonds is 7. The zero-order valence-corrected chi connectivity index (χ0v) is 17.9. The van der Waals surface area contributed by atoms with E-state index in [1.165, 1.54) is 0 Å². The van der Waals surface area contributed by atoms with Crippen LogP contribution < -0.4 is 21.1 Å². The summed E-state index contributed by atoms with van der Waals surface area (Å²) in [6.45, 7) is 5.74. The molecule has 0 spiro atoms. The first kappa shape index (κ1) is 20.4. The van der Waals surface area contributed by atoms with Gasteiger partial charge in [-0.3, -0.25) is 14.2 Å². The maximum Gasteiger partial charge on any atom is 0.252 e. The molecular weight excluding hydrogens is 406 g/mol. The molecule has 9 heteroatoms. The molecular formula is C23H27N7O2. The van der Waals surface area contributed by atoms with Gasteiger partial charge < -0.3 is 20.4 Å². The van der Waals surface area contributed by atoms with Gasteiger partial charge in [0.2, 0.25) is 12.4 Å². The second-order valence-electron chi connectivity index (χ2n) is 8.41. The van der Waals surface area contributed by atoms with Crippen molar-refractivity contribution in [3.8, 4) is 0 Å². The molecule has 0 radical (unpaired) electrons. The number of anilines is 3. The Morgan fingerprint density at radius 3 is 2.72 bits per heavy atom. The van der Waals surface area contributed by atoms with E-state index >= 15 is 0 Å². The highest BCUT2D eigenvalue weighted by Gasteiger charge is 2.18. The lowest BCUT2D eigenvalue weighted by Gasteiger charge is -2.34. The summed E-state index contributed by atoms with van der Waals surface area (Å²) < 4.78 is 1.75. The summed E-state index contributed by atoms with van der Waals surface area (Å²) in [5, 5.41) is 7.41. The molecule has 0 unspecified atom stereocenters. The number of carbonyl (C=O) groups excluding carboxylic acids is 1. The Morgan fingerprint density at radius 2 is 1.97 bits per heavy atom. The Bertz CT molecular complexity index is 1170. The van der Waals surface area contributed by atoms with Gasteiger partial charge in [-0.1, -0.05) is 6.07 Å². The van der Waals surface area contributed by atoms with E-state index in [0.717, 1.165) is 68.9 Å². The van der Waals surface area contributed by atoms with E-state index in [1.807, 2.05) is 12.1 Å². The van der Waals surface area contributed by atoms with Crippen LogP contribution in [0.4, 0.5) is 17.3 Å². The third-order valence-corrected chi connectivity index (χ3v) is 6.28. The lowest BCUT2D eigenvalue weighted by molar-refractivity contribution is -0.118. The molecule has 3 aromatic rings. The van der Waals surface area contributed by atoms with Gasteiger partial charge in [-0.25, -0.2) is 4.98 Å². The van der Waals surface area contributed by atoms with E-state index in [4.69, 9.17) is 0 Å². The van der Waals surface area contributed by atoms with Gasteiger partial charge >= 0.3 is 0 Å². The highest BCUT2D eigenvalue weighted by Crippen LogP contribution is 2.23. The molecule has 2 saturated heterocycles. The van der Waals surface area contributed by atoms with Crippen molar-refractivity contribution in [3.05, 3.63) is 52.9 Å². The van der Waals surface area contributed by atoms with E-state index < -0.39 is 0 Å². The zero-order valence-electron chi connectivity index (χ0n) is 17.9. The van der Waals surface area contributed by atoms with Gasteiger partial charge in [-0.2, -0.15) is 4.98 Å². The summed E-state index contributed by atoms with van der Waals surface area (Å²) >= 11 is 0. The van der Waals surface area contributed by atoms with Crippen LogP contribution in [-0.4, -0.2) is 65.1 Å². The number of aryl methyl sites for hydroxylation is 1. The van der Waals surface area contributed by atoms with Crippen molar-refractivity contribution < 1.29 is 4.79 Å². The van der Waals surface area contributed by atoms with Crippen molar-refractivity contribution in [1.82, 2.24) is 24.8 Å². The molecule has 9 nitrogen and oxygen atoms in total. The van der Waals surface area contributed by atoms with Crippen LogP contribution in [-0.2, 0) is 11.3 Å². The number of carbonyl (C=O) groups is 1. The molecule has 1 amide bonds. The third-order valence-electron chi connectivity index (χ3n) is 6.28. The van der Waals surface area contributed by atoms with Crippen LogP contribution in [0.25, 0.3) is 11.0 Å². The Labute approximate surface area is 186 Å². The maximum atomic E-state index is 12.5. The lowest BCUT2D eigenvalue weighted by atomic mass is 9.99. The Morgan fingerprint density at radius 1 is 1.12 bits per heavy atom. The molecule has 2 N–H and O–H groups in total. The van der Waals surface area contributed by atoms with Gasteiger partial charge in [-0.05, 0) is 49.7 Å². The number of piperazine rings is 1. The predicted molar refractivity (Wildman–Crippen MR) is 124 cm³/mol. The Hall–Kier alpha value is -3.46. The zero-order chi connectivity index (χ0) is 21.9. The van der Waals surface area contributed by atoms with Crippen molar-refractivity contribution in [3.63, 3.8) is 0 Å². The van der Waals surface area contributed by atoms with Crippen LogP contribution in [0.2, 0.25) is 0 Å². The van der Waals surface area contributed by atoms with Crippen molar-refractivity contribution >= 4 is 34.8 Å². The number of amides is 1. The Balaban J connectivity index is 1.36. The second-order valence-corrected chi connectivity index (χ2v) is 8.41. The van der Waals surface area contributed by atoms with Crippen LogP contribution in [0.3, 0.4) is 0 Å². The highest BCUT2D eigenvalue weighted by molar-refractivity contribution is 5.76. The van der Waals surface area contributed by atoms with Crippen molar-refractivity contribution in [2.45, 2.75) is 13.0 Å². The van der Waals surface area contributed by atoms with E-state index in [2.05, 4.69) is 37.6 Å². The van der Waals surface area contributed by atoms with Gasteiger partial charge in [0, 0.05) is 61.7 Å². The van der Waals surface area contributed by atoms with Crippen LogP contribution in [0.1, 0.15) is 6.42 Å². The minimum atomic E-state index is -0.0362. The van der Waals surface area contributed by atoms with E-state index in [-0.39, 0.29) is 5.56 Å². The van der Waals surface area contributed by atoms with Crippen molar-refractivity contribution in [2.24, 2.45) is 5.92 Å². The monoisotopic (exact) mass is 433 g/mol. The highest BCUT2D eigenvalue weighted by atomic mass is 16.1. The number of pyridine rings is 1.